The first-order chi connectivity index (χ1) is 10.2. The van der Waals surface area contributed by atoms with Crippen LogP contribution < -0.4 is 5.32 Å². The summed E-state index contributed by atoms with van der Waals surface area (Å²) >= 11 is 5.70. The van der Waals surface area contributed by atoms with Gasteiger partial charge < -0.3 is 9.73 Å². The van der Waals surface area contributed by atoms with Gasteiger partial charge in [0, 0.05) is 17.4 Å². The molecule has 5 nitrogen and oxygen atoms in total. The van der Waals surface area contributed by atoms with Gasteiger partial charge in [0.25, 0.3) is 5.91 Å². The van der Waals surface area contributed by atoms with E-state index in [0.717, 1.165) is 5.56 Å². The van der Waals surface area contributed by atoms with Crippen LogP contribution in [0.2, 0.25) is 5.15 Å². The highest BCUT2D eigenvalue weighted by Crippen LogP contribution is 2.22. The van der Waals surface area contributed by atoms with Crippen LogP contribution in [-0.2, 0) is 0 Å². The van der Waals surface area contributed by atoms with Crippen LogP contribution in [-0.4, -0.2) is 15.9 Å². The molecule has 0 unspecified atom stereocenters. The Morgan fingerprint density at radius 1 is 1.19 bits per heavy atom. The number of carbonyl (C=O) groups excluding carboxylic acids is 1. The third-order valence-electron chi connectivity index (χ3n) is 2.83. The number of pyridine rings is 1. The lowest BCUT2D eigenvalue weighted by Crippen LogP contribution is -2.12. The van der Waals surface area contributed by atoms with Crippen molar-refractivity contribution in [1.29, 1.82) is 0 Å². The van der Waals surface area contributed by atoms with Gasteiger partial charge in [-0.1, -0.05) is 23.7 Å². The molecule has 104 valence electrons. The second-order valence-corrected chi connectivity index (χ2v) is 4.66. The summed E-state index contributed by atoms with van der Waals surface area (Å²) in [5.74, 6) is 0.383. The molecule has 2 aromatic heterocycles. The number of oxazole rings is 1. The van der Waals surface area contributed by atoms with Crippen LogP contribution in [0.4, 0.5) is 5.69 Å². The summed E-state index contributed by atoms with van der Waals surface area (Å²) in [7, 11) is 0. The number of nitrogens with one attached hydrogen (secondary N) is 1. The average molecular weight is 300 g/mol. The molecule has 3 aromatic rings. The number of hydrogen-bond acceptors (Lipinski definition) is 4. The minimum absolute atomic E-state index is 0.256. The van der Waals surface area contributed by atoms with Crippen molar-refractivity contribution in [2.45, 2.75) is 0 Å². The highest BCUT2D eigenvalue weighted by molar-refractivity contribution is 6.29. The predicted octanol–water partition coefficient (Wildman–Crippen LogP) is 3.64. The topological polar surface area (TPSA) is 68.0 Å². The van der Waals surface area contributed by atoms with E-state index in [-0.39, 0.29) is 5.91 Å². The van der Waals surface area contributed by atoms with Crippen molar-refractivity contribution < 1.29 is 9.21 Å². The lowest BCUT2D eigenvalue weighted by atomic mass is 10.1. The van der Waals surface area contributed by atoms with Crippen LogP contribution in [0.3, 0.4) is 0 Å². The number of nitrogens with zero attached hydrogens (tertiary/aromatic N) is 2. The zero-order valence-electron chi connectivity index (χ0n) is 10.8. The second-order valence-electron chi connectivity index (χ2n) is 4.27. The van der Waals surface area contributed by atoms with E-state index in [0.29, 0.717) is 22.2 Å². The first-order valence-corrected chi connectivity index (χ1v) is 6.52. The molecule has 21 heavy (non-hydrogen) atoms. The van der Waals surface area contributed by atoms with Crippen LogP contribution in [0.1, 0.15) is 10.4 Å². The molecule has 1 amide bonds. The Labute approximate surface area is 125 Å². The number of halogens is 1. The average Bonchev–Trinajstić information content (AvgIpc) is 3.02. The molecule has 6 heteroatoms. The largest absolute Gasteiger partial charge is 0.444 e. The van der Waals surface area contributed by atoms with Gasteiger partial charge in [-0.15, -0.1) is 0 Å². The summed E-state index contributed by atoms with van der Waals surface area (Å²) in [6, 6.07) is 10.5. The van der Waals surface area contributed by atoms with Crippen molar-refractivity contribution in [2.75, 3.05) is 5.32 Å². The number of carbonyl (C=O) groups is 1. The first-order valence-electron chi connectivity index (χ1n) is 6.14. The summed E-state index contributed by atoms with van der Waals surface area (Å²) in [4.78, 5) is 19.8. The maximum absolute atomic E-state index is 12.1. The van der Waals surface area contributed by atoms with Gasteiger partial charge in [-0.05, 0) is 24.3 Å². The predicted molar refractivity (Wildman–Crippen MR) is 79.1 cm³/mol. The fourth-order valence-electron chi connectivity index (χ4n) is 1.82. The fourth-order valence-corrected chi connectivity index (χ4v) is 1.93. The van der Waals surface area contributed by atoms with E-state index in [2.05, 4.69) is 15.3 Å². The normalized spacial score (nSPS) is 10.3. The maximum atomic E-state index is 12.1. The van der Waals surface area contributed by atoms with Gasteiger partial charge in [-0.25, -0.2) is 9.97 Å². The molecule has 0 saturated carbocycles. The van der Waals surface area contributed by atoms with Gasteiger partial charge in [-0.3, -0.25) is 4.79 Å². The maximum Gasteiger partial charge on any atom is 0.257 e. The summed E-state index contributed by atoms with van der Waals surface area (Å²) in [5, 5.41) is 3.14. The van der Waals surface area contributed by atoms with Crippen molar-refractivity contribution in [1.82, 2.24) is 9.97 Å². The third kappa shape index (κ3) is 3.09. The van der Waals surface area contributed by atoms with Gasteiger partial charge >= 0.3 is 0 Å². The van der Waals surface area contributed by atoms with Crippen molar-refractivity contribution in [2.24, 2.45) is 0 Å². The van der Waals surface area contributed by atoms with Crippen molar-refractivity contribution in [3.05, 3.63) is 65.9 Å². The van der Waals surface area contributed by atoms with E-state index in [1.54, 1.807) is 24.4 Å². The molecule has 0 atom stereocenters. The van der Waals surface area contributed by atoms with Crippen LogP contribution in [0.15, 0.2) is 59.6 Å². The number of aromatic nitrogens is 2. The minimum atomic E-state index is -0.256. The Morgan fingerprint density at radius 3 is 2.81 bits per heavy atom. The summed E-state index contributed by atoms with van der Waals surface area (Å²) in [6.45, 7) is 0. The molecular weight excluding hydrogens is 290 g/mol. The van der Waals surface area contributed by atoms with Gasteiger partial charge in [0.05, 0.1) is 11.8 Å². The number of benzene rings is 1. The first kappa shape index (κ1) is 13.3. The van der Waals surface area contributed by atoms with Crippen LogP contribution >= 0.6 is 11.6 Å². The highest BCUT2D eigenvalue weighted by Gasteiger charge is 2.08. The highest BCUT2D eigenvalue weighted by atomic mass is 35.5. The second kappa shape index (κ2) is 5.76. The molecule has 0 fully saturated rings. The van der Waals surface area contributed by atoms with E-state index in [9.17, 15) is 4.79 Å². The molecule has 3 rings (SSSR count). The molecule has 0 aliphatic carbocycles. The number of hydrogen-bond donors (Lipinski definition) is 1. The van der Waals surface area contributed by atoms with Crippen molar-refractivity contribution in [3.8, 4) is 11.3 Å². The molecule has 1 N–H and O–H groups in total. The van der Waals surface area contributed by atoms with E-state index in [4.69, 9.17) is 16.0 Å². The summed E-state index contributed by atoms with van der Waals surface area (Å²) < 4.78 is 5.23. The molecule has 2 heterocycles. The van der Waals surface area contributed by atoms with Gasteiger partial charge in [-0.2, -0.15) is 0 Å². The molecular formula is C15H10ClN3O2. The Bertz CT molecular complexity index is 755. The van der Waals surface area contributed by atoms with Gasteiger partial charge in [0.1, 0.15) is 5.15 Å². The third-order valence-corrected chi connectivity index (χ3v) is 3.05. The smallest absolute Gasteiger partial charge is 0.257 e. The van der Waals surface area contributed by atoms with E-state index >= 15 is 0 Å². The van der Waals surface area contributed by atoms with Gasteiger partial charge in [0.15, 0.2) is 12.2 Å². The lowest BCUT2D eigenvalue weighted by molar-refractivity contribution is 0.102. The fraction of sp³-hybridized carbons (Fsp3) is 0. The summed E-state index contributed by atoms with van der Waals surface area (Å²) in [5.41, 5.74) is 1.92. The lowest BCUT2D eigenvalue weighted by Gasteiger charge is -2.06. The van der Waals surface area contributed by atoms with Crippen molar-refractivity contribution in [3.63, 3.8) is 0 Å². The molecule has 0 radical (unpaired) electrons. The molecule has 0 saturated heterocycles. The van der Waals surface area contributed by atoms with Crippen LogP contribution in [0.25, 0.3) is 11.3 Å². The molecule has 0 aliphatic heterocycles. The Morgan fingerprint density at radius 2 is 2.10 bits per heavy atom. The van der Waals surface area contributed by atoms with Crippen LogP contribution in [0, 0.1) is 0 Å². The summed E-state index contributed by atoms with van der Waals surface area (Å²) in [6.07, 6.45) is 4.40. The standard InChI is InChI=1S/C15H10ClN3O2/c16-14-5-4-11(7-18-14)15(20)19-12-3-1-2-10(6-12)13-8-17-9-21-13/h1-9H,(H,19,20). The minimum Gasteiger partial charge on any atom is -0.444 e. The monoisotopic (exact) mass is 299 g/mol. The SMILES string of the molecule is O=C(Nc1cccc(-c2cnco2)c1)c1ccc(Cl)nc1. The molecule has 0 spiro atoms. The van der Waals surface area contributed by atoms with E-state index in [1.807, 2.05) is 18.2 Å². The number of anilines is 1. The molecule has 1 aromatic carbocycles. The van der Waals surface area contributed by atoms with Crippen molar-refractivity contribution >= 4 is 23.2 Å². The quantitative estimate of drug-likeness (QED) is 0.750. The van der Waals surface area contributed by atoms with Gasteiger partial charge in [0.2, 0.25) is 0 Å². The Balaban J connectivity index is 1.80. The molecule has 0 aliphatic rings. The van der Waals surface area contributed by atoms with E-state index in [1.165, 1.54) is 12.6 Å². The zero-order chi connectivity index (χ0) is 14.7. The molecule has 0 bridgehead atoms. The zero-order valence-corrected chi connectivity index (χ0v) is 11.5. The number of rotatable bonds is 3. The Kier molecular flexibility index (Phi) is 3.66. The van der Waals surface area contributed by atoms with E-state index < -0.39 is 0 Å². The Hall–Kier alpha value is -2.66. The number of amides is 1. The van der Waals surface area contributed by atoms with Crippen LogP contribution in [0.5, 0.6) is 0 Å².